The summed E-state index contributed by atoms with van der Waals surface area (Å²) in [7, 11) is 3.47. The van der Waals surface area contributed by atoms with Gasteiger partial charge in [-0.2, -0.15) is 0 Å². The monoisotopic (exact) mass is 565 g/mol. The van der Waals surface area contributed by atoms with Gasteiger partial charge in [-0.05, 0) is 71.0 Å². The van der Waals surface area contributed by atoms with E-state index in [4.69, 9.17) is 4.74 Å². The van der Waals surface area contributed by atoms with Crippen molar-refractivity contribution in [2.24, 2.45) is 5.41 Å². The molecule has 0 bridgehead atoms. The highest BCUT2D eigenvalue weighted by atomic mass is 127. The molecule has 0 radical (unpaired) electrons. The predicted molar refractivity (Wildman–Crippen MR) is 141 cm³/mol. The highest BCUT2D eigenvalue weighted by Crippen LogP contribution is 2.34. The fraction of sp³-hybridized carbons (Fsp3) is 0.462. The predicted octanol–water partition coefficient (Wildman–Crippen LogP) is 5.26. The Labute approximate surface area is 211 Å². The smallest absolute Gasteiger partial charge is 0.409 e. The number of carbonyl (C=O) groups excluding carboxylic acids is 2. The van der Waals surface area contributed by atoms with Gasteiger partial charge in [0, 0.05) is 24.2 Å². The van der Waals surface area contributed by atoms with Crippen LogP contribution < -0.4 is 10.9 Å². The summed E-state index contributed by atoms with van der Waals surface area (Å²) in [6, 6.07) is 17.8. The van der Waals surface area contributed by atoms with Crippen LogP contribution >= 0.6 is 22.6 Å². The van der Waals surface area contributed by atoms with E-state index in [9.17, 15) is 9.59 Å². The van der Waals surface area contributed by atoms with E-state index in [1.807, 2.05) is 55.5 Å². The van der Waals surface area contributed by atoms with Crippen LogP contribution in [0.5, 0.6) is 0 Å². The maximum Gasteiger partial charge on any atom is 0.409 e. The van der Waals surface area contributed by atoms with E-state index in [0.717, 1.165) is 27.5 Å². The Morgan fingerprint density at radius 3 is 2.36 bits per heavy atom. The van der Waals surface area contributed by atoms with E-state index in [-0.39, 0.29) is 24.0 Å². The molecule has 2 N–H and O–H groups in total. The first-order valence-corrected chi connectivity index (χ1v) is 12.3. The number of rotatable bonds is 11. The van der Waals surface area contributed by atoms with E-state index >= 15 is 0 Å². The molecule has 2 aromatic rings. The molecule has 0 aliphatic rings. The summed E-state index contributed by atoms with van der Waals surface area (Å²) >= 11 is 2.27. The lowest BCUT2D eigenvalue weighted by atomic mass is 9.75. The summed E-state index contributed by atoms with van der Waals surface area (Å²) in [5.74, 6) is -0.0496. The molecular formula is C26H36IN3O3. The van der Waals surface area contributed by atoms with Gasteiger partial charge < -0.3 is 9.64 Å². The van der Waals surface area contributed by atoms with E-state index in [0.29, 0.717) is 13.0 Å². The van der Waals surface area contributed by atoms with Crippen molar-refractivity contribution in [1.29, 1.82) is 0 Å². The minimum absolute atomic E-state index is 0.0496. The maximum absolute atomic E-state index is 12.9. The average molecular weight is 565 g/mol. The number of halogens is 1. The molecular weight excluding hydrogens is 529 g/mol. The molecule has 0 spiro atoms. The lowest BCUT2D eigenvalue weighted by molar-refractivity contribution is -0.127. The first kappa shape index (κ1) is 27.1. The Hall–Kier alpha value is -2.13. The van der Waals surface area contributed by atoms with Crippen LogP contribution in [0.2, 0.25) is 0 Å². The minimum Gasteiger partial charge on any atom is -0.445 e. The number of nitrogens with zero attached hydrogens (tertiary/aromatic N) is 1. The van der Waals surface area contributed by atoms with E-state index in [1.165, 1.54) is 0 Å². The van der Waals surface area contributed by atoms with Crippen molar-refractivity contribution in [3.8, 4) is 0 Å². The van der Waals surface area contributed by atoms with Crippen LogP contribution in [-0.4, -0.2) is 37.5 Å². The van der Waals surface area contributed by atoms with Crippen molar-refractivity contribution in [1.82, 2.24) is 15.8 Å². The number of hydrogen-bond acceptors (Lipinski definition) is 4. The van der Waals surface area contributed by atoms with Crippen LogP contribution in [0.3, 0.4) is 0 Å². The highest BCUT2D eigenvalue weighted by molar-refractivity contribution is 14.1. The van der Waals surface area contributed by atoms with Gasteiger partial charge in [0.05, 0.1) is 5.41 Å². The van der Waals surface area contributed by atoms with Crippen molar-refractivity contribution in [3.05, 3.63) is 69.3 Å². The van der Waals surface area contributed by atoms with Crippen LogP contribution in [0, 0.1) is 8.99 Å². The Bertz CT molecular complexity index is 920. The molecule has 6 nitrogen and oxygen atoms in total. The quantitative estimate of drug-likeness (QED) is 0.288. The van der Waals surface area contributed by atoms with Crippen molar-refractivity contribution >= 4 is 34.6 Å². The van der Waals surface area contributed by atoms with E-state index in [1.54, 1.807) is 19.0 Å². The maximum atomic E-state index is 12.9. The van der Waals surface area contributed by atoms with Gasteiger partial charge in [0.2, 0.25) is 5.91 Å². The lowest BCUT2D eigenvalue weighted by Crippen LogP contribution is -2.47. The van der Waals surface area contributed by atoms with Crippen LogP contribution in [0.15, 0.2) is 54.6 Å². The number of benzene rings is 2. The van der Waals surface area contributed by atoms with Crippen LogP contribution in [-0.2, 0) is 21.6 Å². The van der Waals surface area contributed by atoms with Crippen LogP contribution in [0.25, 0.3) is 0 Å². The number of carbonyl (C=O) groups is 2. The van der Waals surface area contributed by atoms with Crippen molar-refractivity contribution < 1.29 is 14.3 Å². The summed E-state index contributed by atoms with van der Waals surface area (Å²) in [4.78, 5) is 27.0. The average Bonchev–Trinajstić information content (AvgIpc) is 2.77. The number of hydrogen-bond donors (Lipinski definition) is 2. The van der Waals surface area contributed by atoms with Gasteiger partial charge >= 0.3 is 6.09 Å². The molecule has 2 rings (SSSR count). The van der Waals surface area contributed by atoms with Crippen molar-refractivity contribution in [2.45, 2.75) is 52.1 Å². The normalized spacial score (nSPS) is 13.2. The zero-order chi connectivity index (χ0) is 24.5. The molecule has 0 aromatic heterocycles. The molecule has 1 atom stereocenters. The molecule has 33 heavy (non-hydrogen) atoms. The molecule has 0 saturated heterocycles. The van der Waals surface area contributed by atoms with Gasteiger partial charge in [-0.15, -0.1) is 0 Å². The van der Waals surface area contributed by atoms with Crippen LogP contribution in [0.4, 0.5) is 4.79 Å². The molecule has 0 aliphatic carbocycles. The molecule has 180 valence electrons. The largest absolute Gasteiger partial charge is 0.445 e. The number of amides is 2. The number of hydrazine groups is 1. The topological polar surface area (TPSA) is 70.7 Å². The molecule has 0 fully saturated rings. The molecule has 2 amide bonds. The SMILES string of the molecule is CNNC(=O)[C@](C)(CCCC(C)(C)CN(C)C(=O)OCc1ccccc1)c1cccc(I)c1. The third kappa shape index (κ3) is 8.30. The molecule has 2 aromatic carbocycles. The molecule has 0 heterocycles. The second kappa shape index (κ2) is 12.4. The third-order valence-corrected chi connectivity index (χ3v) is 6.58. The van der Waals surface area contributed by atoms with E-state index < -0.39 is 5.41 Å². The second-order valence-corrected chi connectivity index (χ2v) is 10.7. The second-order valence-electron chi connectivity index (χ2n) is 9.46. The van der Waals surface area contributed by atoms with Gasteiger partial charge in [0.1, 0.15) is 6.61 Å². The van der Waals surface area contributed by atoms with Gasteiger partial charge in [-0.3, -0.25) is 10.2 Å². The molecule has 0 unspecified atom stereocenters. The fourth-order valence-electron chi connectivity index (χ4n) is 4.01. The van der Waals surface area contributed by atoms with Crippen molar-refractivity contribution in [2.75, 3.05) is 20.6 Å². The Balaban J connectivity index is 1.94. The zero-order valence-electron chi connectivity index (χ0n) is 20.3. The Kier molecular flexibility index (Phi) is 10.2. The van der Waals surface area contributed by atoms with Gasteiger partial charge in [-0.25, -0.2) is 10.2 Å². The molecule has 0 saturated carbocycles. The third-order valence-electron chi connectivity index (χ3n) is 5.91. The summed E-state index contributed by atoms with van der Waals surface area (Å²) in [5.41, 5.74) is 6.73. The minimum atomic E-state index is -0.652. The summed E-state index contributed by atoms with van der Waals surface area (Å²) in [6.45, 7) is 7.11. The van der Waals surface area contributed by atoms with Crippen LogP contribution in [0.1, 0.15) is 51.2 Å². The van der Waals surface area contributed by atoms with E-state index in [2.05, 4.69) is 53.4 Å². The summed E-state index contributed by atoms with van der Waals surface area (Å²) in [6.07, 6.45) is 2.09. The summed E-state index contributed by atoms with van der Waals surface area (Å²) in [5, 5.41) is 0. The zero-order valence-corrected chi connectivity index (χ0v) is 22.4. The van der Waals surface area contributed by atoms with Gasteiger partial charge in [0.25, 0.3) is 0 Å². The summed E-state index contributed by atoms with van der Waals surface area (Å²) < 4.78 is 6.55. The standard InChI is InChI=1S/C26H36IN3O3/c1-25(2,19-30(5)24(32)33-18-20-11-7-6-8-12-20)15-10-16-26(3,23(31)29-28-4)21-13-9-14-22(27)17-21/h6-9,11-14,17,28H,10,15-16,18-19H2,1-5H3,(H,29,31)/t26-/m1/s1. The highest BCUT2D eigenvalue weighted by Gasteiger charge is 2.35. The van der Waals surface area contributed by atoms with Gasteiger partial charge in [-0.1, -0.05) is 62.7 Å². The van der Waals surface area contributed by atoms with Gasteiger partial charge in [0.15, 0.2) is 0 Å². The Morgan fingerprint density at radius 1 is 1.03 bits per heavy atom. The Morgan fingerprint density at radius 2 is 1.73 bits per heavy atom. The number of nitrogens with one attached hydrogen (secondary N) is 2. The van der Waals surface area contributed by atoms with Crippen molar-refractivity contribution in [3.63, 3.8) is 0 Å². The fourth-order valence-corrected chi connectivity index (χ4v) is 4.55. The lowest BCUT2D eigenvalue weighted by Gasteiger charge is -2.33. The first-order valence-electron chi connectivity index (χ1n) is 11.2. The number of ether oxygens (including phenoxy) is 1. The molecule has 7 heteroatoms. The first-order chi connectivity index (χ1) is 15.6. The molecule has 0 aliphatic heterocycles.